The van der Waals surface area contributed by atoms with Gasteiger partial charge in [0.1, 0.15) is 0 Å². The van der Waals surface area contributed by atoms with Crippen LogP contribution in [-0.2, 0) is 4.79 Å². The molecule has 0 aliphatic heterocycles. The molecule has 0 unspecified atom stereocenters. The van der Waals surface area contributed by atoms with Gasteiger partial charge in [-0.1, -0.05) is 6.58 Å². The lowest BCUT2D eigenvalue weighted by Crippen LogP contribution is -2.16. The van der Waals surface area contributed by atoms with Crippen molar-refractivity contribution in [3.8, 4) is 0 Å². The Labute approximate surface area is 49.8 Å². The van der Waals surface area contributed by atoms with Crippen molar-refractivity contribution in [1.82, 2.24) is 4.90 Å². The molecule has 0 aromatic heterocycles. The Morgan fingerprint density at radius 3 is 2.50 bits per heavy atom. The van der Waals surface area contributed by atoms with Gasteiger partial charge in [0.2, 0.25) is 0 Å². The molecule has 0 aliphatic rings. The van der Waals surface area contributed by atoms with E-state index >= 15 is 0 Å². The third-order valence-electron chi connectivity index (χ3n) is 1.10. The molecule has 0 atom stereocenters. The lowest BCUT2D eigenvalue weighted by atomic mass is 10.5. The van der Waals surface area contributed by atoms with Gasteiger partial charge < -0.3 is 4.90 Å². The minimum Gasteiger partial charge on any atom is -0.373 e. The van der Waals surface area contributed by atoms with Crippen molar-refractivity contribution in [2.24, 2.45) is 0 Å². The lowest BCUT2D eigenvalue weighted by Gasteiger charge is -2.13. The van der Waals surface area contributed by atoms with E-state index in [0.29, 0.717) is 5.70 Å². The maximum atomic E-state index is 9.96. The van der Waals surface area contributed by atoms with Crippen LogP contribution in [0.3, 0.4) is 0 Å². The summed E-state index contributed by atoms with van der Waals surface area (Å²) < 4.78 is 0. The van der Waals surface area contributed by atoms with Gasteiger partial charge in [-0.05, 0) is 6.92 Å². The summed E-state index contributed by atoms with van der Waals surface area (Å²) >= 11 is 0. The molecule has 0 radical (unpaired) electrons. The molecule has 0 amide bonds. The van der Waals surface area contributed by atoms with E-state index in [1.165, 1.54) is 0 Å². The second-order valence-corrected chi connectivity index (χ2v) is 1.62. The normalized spacial score (nSPS) is 8.25. The van der Waals surface area contributed by atoms with Gasteiger partial charge in [-0.2, -0.15) is 0 Å². The highest BCUT2D eigenvalue weighted by atomic mass is 16.1. The molecule has 0 rings (SSSR count). The number of nitrogens with zero attached hydrogens (tertiary/aromatic N) is 1. The van der Waals surface area contributed by atoms with Crippen LogP contribution in [0.25, 0.3) is 0 Å². The molecular formula is C6H11NO. The molecule has 0 heterocycles. The number of hydrogen-bond acceptors (Lipinski definition) is 2. The summed E-state index contributed by atoms with van der Waals surface area (Å²) in [5.74, 6) is 0. The van der Waals surface area contributed by atoms with Crippen molar-refractivity contribution in [1.29, 1.82) is 0 Å². The highest BCUT2D eigenvalue weighted by Crippen LogP contribution is 1.90. The van der Waals surface area contributed by atoms with Crippen molar-refractivity contribution in [2.45, 2.75) is 6.92 Å². The lowest BCUT2D eigenvalue weighted by molar-refractivity contribution is -0.106. The van der Waals surface area contributed by atoms with E-state index in [4.69, 9.17) is 0 Å². The van der Waals surface area contributed by atoms with E-state index in [1.54, 1.807) is 4.90 Å². The molecule has 0 fully saturated rings. The summed E-state index contributed by atoms with van der Waals surface area (Å²) in [6, 6.07) is 0. The van der Waals surface area contributed by atoms with Crippen molar-refractivity contribution in [3.63, 3.8) is 0 Å². The largest absolute Gasteiger partial charge is 0.373 e. The summed E-state index contributed by atoms with van der Waals surface area (Å²) in [6.07, 6.45) is 0.753. The van der Waals surface area contributed by atoms with Gasteiger partial charge >= 0.3 is 0 Å². The Hall–Kier alpha value is -0.790. The summed E-state index contributed by atoms with van der Waals surface area (Å²) in [6.45, 7) is 6.30. The number of carbonyl (C=O) groups excluding carboxylic acids is 1. The first-order chi connectivity index (χ1) is 3.72. The second kappa shape index (κ2) is 3.24. The topological polar surface area (TPSA) is 20.3 Å². The van der Waals surface area contributed by atoms with E-state index in [1.807, 2.05) is 14.0 Å². The molecule has 8 heavy (non-hydrogen) atoms. The average molecular weight is 113 g/mol. The predicted molar refractivity (Wildman–Crippen MR) is 33.5 cm³/mol. The quantitative estimate of drug-likeness (QED) is 0.395. The van der Waals surface area contributed by atoms with E-state index in [0.717, 1.165) is 12.8 Å². The third-order valence-corrected chi connectivity index (χ3v) is 1.10. The zero-order chi connectivity index (χ0) is 6.57. The minimum absolute atomic E-state index is 0.535. The van der Waals surface area contributed by atoms with Gasteiger partial charge in [-0.25, -0.2) is 0 Å². The molecule has 0 N–H and O–H groups in total. The van der Waals surface area contributed by atoms with Crippen LogP contribution in [0, 0.1) is 0 Å². The van der Waals surface area contributed by atoms with Crippen molar-refractivity contribution in [3.05, 3.63) is 12.3 Å². The van der Waals surface area contributed by atoms with Crippen LogP contribution in [-0.4, -0.2) is 24.8 Å². The number of likely N-dealkylation sites (N-methyl/N-ethyl adjacent to an activating group) is 1. The smallest absolute Gasteiger partial charge is 0.165 e. The Morgan fingerprint density at radius 1 is 1.88 bits per heavy atom. The monoisotopic (exact) mass is 113 g/mol. The number of allylic oxidation sites excluding steroid dienone is 1. The Balaban J connectivity index is 3.62. The fourth-order valence-electron chi connectivity index (χ4n) is 0.293. The third kappa shape index (κ3) is 1.78. The number of aldehydes is 1. The summed E-state index contributed by atoms with van der Waals surface area (Å²) in [5, 5.41) is 0. The number of hydrogen-bond donors (Lipinski definition) is 0. The molecule has 2 nitrogen and oxygen atoms in total. The highest BCUT2D eigenvalue weighted by molar-refractivity contribution is 5.70. The van der Waals surface area contributed by atoms with Gasteiger partial charge in [0.05, 0.1) is 5.70 Å². The predicted octanol–water partition coefficient (Wildman–Crippen LogP) is 0.651. The fourth-order valence-corrected chi connectivity index (χ4v) is 0.293. The van der Waals surface area contributed by atoms with Gasteiger partial charge in [-0.3, -0.25) is 4.79 Å². The first kappa shape index (κ1) is 7.21. The molecule has 46 valence electrons. The molecule has 0 saturated heterocycles. The van der Waals surface area contributed by atoms with Gasteiger partial charge in [0, 0.05) is 13.6 Å². The van der Waals surface area contributed by atoms with Crippen LogP contribution in [0.15, 0.2) is 12.3 Å². The van der Waals surface area contributed by atoms with Gasteiger partial charge in [0.15, 0.2) is 6.29 Å². The second-order valence-electron chi connectivity index (χ2n) is 1.62. The summed E-state index contributed by atoms with van der Waals surface area (Å²) in [7, 11) is 1.83. The summed E-state index contributed by atoms with van der Waals surface area (Å²) in [4.78, 5) is 11.7. The Morgan fingerprint density at radius 2 is 2.38 bits per heavy atom. The maximum absolute atomic E-state index is 9.96. The SMILES string of the molecule is C=C(C=O)N(C)CC. The van der Waals surface area contributed by atoms with Crippen molar-refractivity contribution >= 4 is 6.29 Å². The van der Waals surface area contributed by atoms with E-state index in [9.17, 15) is 4.79 Å². The zero-order valence-corrected chi connectivity index (χ0v) is 5.35. The molecule has 0 aliphatic carbocycles. The number of rotatable bonds is 3. The highest BCUT2D eigenvalue weighted by Gasteiger charge is 1.92. The standard InChI is InChI=1S/C6H11NO/c1-4-7(3)6(2)5-8/h5H,2,4H2,1,3H3. The molecule has 0 aromatic carbocycles. The van der Waals surface area contributed by atoms with Crippen LogP contribution in [0.2, 0.25) is 0 Å². The zero-order valence-electron chi connectivity index (χ0n) is 5.35. The maximum Gasteiger partial charge on any atom is 0.165 e. The first-order valence-electron chi connectivity index (χ1n) is 2.57. The van der Waals surface area contributed by atoms with Crippen LogP contribution in [0.5, 0.6) is 0 Å². The Kier molecular flexibility index (Phi) is 2.92. The van der Waals surface area contributed by atoms with Crippen LogP contribution < -0.4 is 0 Å². The molecular weight excluding hydrogens is 102 g/mol. The molecule has 0 saturated carbocycles. The van der Waals surface area contributed by atoms with Crippen LogP contribution in [0.1, 0.15) is 6.92 Å². The molecule has 2 heteroatoms. The van der Waals surface area contributed by atoms with E-state index in [2.05, 4.69) is 6.58 Å². The van der Waals surface area contributed by atoms with Gasteiger partial charge in [-0.15, -0.1) is 0 Å². The molecule has 0 bridgehead atoms. The van der Waals surface area contributed by atoms with Gasteiger partial charge in [0.25, 0.3) is 0 Å². The van der Waals surface area contributed by atoms with Crippen LogP contribution in [0.4, 0.5) is 0 Å². The Bertz CT molecular complexity index is 98.7. The molecule has 0 spiro atoms. The van der Waals surface area contributed by atoms with E-state index < -0.39 is 0 Å². The minimum atomic E-state index is 0.535. The van der Waals surface area contributed by atoms with Crippen molar-refractivity contribution < 1.29 is 4.79 Å². The first-order valence-corrected chi connectivity index (χ1v) is 2.57. The fraction of sp³-hybridized carbons (Fsp3) is 0.500. The van der Waals surface area contributed by atoms with E-state index in [-0.39, 0.29) is 0 Å². The number of carbonyl (C=O) groups is 1. The summed E-state index contributed by atoms with van der Waals surface area (Å²) in [5.41, 5.74) is 0.535. The molecule has 0 aromatic rings. The van der Waals surface area contributed by atoms with Crippen LogP contribution >= 0.6 is 0 Å². The average Bonchev–Trinajstić information content (AvgIpc) is 1.84. The van der Waals surface area contributed by atoms with Crippen molar-refractivity contribution in [2.75, 3.05) is 13.6 Å².